The van der Waals surface area contributed by atoms with E-state index in [0.717, 1.165) is 21.9 Å². The number of benzene rings is 2. The molecule has 0 radical (unpaired) electrons. The Bertz CT molecular complexity index is 744. The number of ether oxygens (including phenoxy) is 1. The number of rotatable bonds is 6. The van der Waals surface area contributed by atoms with Crippen molar-refractivity contribution in [2.24, 2.45) is 5.10 Å². The van der Waals surface area contributed by atoms with Gasteiger partial charge >= 0.3 is 5.97 Å². The lowest BCUT2D eigenvalue weighted by Gasteiger charge is -2.09. The van der Waals surface area contributed by atoms with E-state index in [4.69, 9.17) is 9.84 Å². The van der Waals surface area contributed by atoms with E-state index < -0.39 is 5.97 Å². The monoisotopic (exact) mass is 330 g/mol. The van der Waals surface area contributed by atoms with E-state index in [0.29, 0.717) is 5.69 Å². The molecule has 0 spiro atoms. The molecule has 0 bridgehead atoms. The summed E-state index contributed by atoms with van der Waals surface area (Å²) in [5.41, 5.74) is 5.43. The summed E-state index contributed by atoms with van der Waals surface area (Å²) in [7, 11) is 1.64. The van der Waals surface area contributed by atoms with Crippen molar-refractivity contribution in [1.29, 1.82) is 0 Å². The van der Waals surface area contributed by atoms with Crippen LogP contribution in [-0.4, -0.2) is 30.2 Å². The van der Waals surface area contributed by atoms with Gasteiger partial charge in [0.25, 0.3) is 0 Å². The lowest BCUT2D eigenvalue weighted by molar-refractivity contribution is 0.0697. The molecule has 5 nitrogen and oxygen atoms in total. The topological polar surface area (TPSA) is 70.9 Å². The molecule has 0 aliphatic rings. The SMILES string of the molecule is COc1cc(/C(C)=N/Nc2cccc(C(=O)O)c2)ccc1SC. The Labute approximate surface area is 139 Å². The number of hydrogen-bond acceptors (Lipinski definition) is 5. The fraction of sp³-hybridized carbons (Fsp3) is 0.176. The van der Waals surface area contributed by atoms with E-state index in [1.807, 2.05) is 31.4 Å². The van der Waals surface area contributed by atoms with Crippen LogP contribution in [0.5, 0.6) is 5.75 Å². The van der Waals surface area contributed by atoms with Gasteiger partial charge in [0, 0.05) is 10.5 Å². The second kappa shape index (κ2) is 7.69. The first-order valence-corrected chi connectivity index (χ1v) is 8.13. The summed E-state index contributed by atoms with van der Waals surface area (Å²) in [5.74, 6) is -0.163. The average Bonchev–Trinajstić information content (AvgIpc) is 2.59. The van der Waals surface area contributed by atoms with Crippen LogP contribution < -0.4 is 10.2 Å². The van der Waals surface area contributed by atoms with Gasteiger partial charge in [-0.15, -0.1) is 11.8 Å². The number of nitrogens with zero attached hydrogens (tertiary/aromatic N) is 1. The molecule has 0 aliphatic carbocycles. The van der Waals surface area contributed by atoms with Crippen molar-refractivity contribution in [2.75, 3.05) is 18.8 Å². The number of hydrazone groups is 1. The summed E-state index contributed by atoms with van der Waals surface area (Å²) in [4.78, 5) is 12.0. The molecule has 2 rings (SSSR count). The molecule has 0 saturated carbocycles. The maximum atomic E-state index is 11.0. The highest BCUT2D eigenvalue weighted by Crippen LogP contribution is 2.28. The van der Waals surface area contributed by atoms with Crippen molar-refractivity contribution in [2.45, 2.75) is 11.8 Å². The molecule has 2 N–H and O–H groups in total. The molecule has 2 aromatic carbocycles. The fourth-order valence-corrected chi connectivity index (χ4v) is 2.54. The second-order valence-electron chi connectivity index (χ2n) is 4.76. The van der Waals surface area contributed by atoms with Gasteiger partial charge in [0.1, 0.15) is 5.75 Å². The van der Waals surface area contributed by atoms with E-state index in [1.165, 1.54) is 12.1 Å². The van der Waals surface area contributed by atoms with E-state index in [-0.39, 0.29) is 5.56 Å². The molecule has 0 unspecified atom stereocenters. The summed E-state index contributed by atoms with van der Waals surface area (Å²) in [6, 6.07) is 12.4. The van der Waals surface area contributed by atoms with Gasteiger partial charge in [-0.3, -0.25) is 5.43 Å². The van der Waals surface area contributed by atoms with Crippen LogP contribution in [0.15, 0.2) is 52.5 Å². The van der Waals surface area contributed by atoms with Crippen LogP contribution in [0.1, 0.15) is 22.8 Å². The van der Waals surface area contributed by atoms with Crippen molar-refractivity contribution >= 4 is 29.1 Å². The first-order chi connectivity index (χ1) is 11.0. The minimum Gasteiger partial charge on any atom is -0.496 e. The molecule has 0 aromatic heterocycles. The van der Waals surface area contributed by atoms with Gasteiger partial charge in [0.05, 0.1) is 24.1 Å². The largest absolute Gasteiger partial charge is 0.496 e. The number of anilines is 1. The van der Waals surface area contributed by atoms with Crippen LogP contribution in [0, 0.1) is 0 Å². The number of thioether (sulfide) groups is 1. The quantitative estimate of drug-likeness (QED) is 0.477. The molecule has 0 heterocycles. The smallest absolute Gasteiger partial charge is 0.335 e. The molecule has 6 heteroatoms. The molecule has 0 fully saturated rings. The average molecular weight is 330 g/mol. The predicted molar refractivity (Wildman–Crippen MR) is 94.0 cm³/mol. The van der Waals surface area contributed by atoms with E-state index in [9.17, 15) is 4.79 Å². The fourth-order valence-electron chi connectivity index (χ4n) is 2.00. The summed E-state index contributed by atoms with van der Waals surface area (Å²) in [6.07, 6.45) is 2.00. The summed E-state index contributed by atoms with van der Waals surface area (Å²) in [5, 5.41) is 13.3. The standard InChI is InChI=1S/C17H18N2O3S/c1-11(12-7-8-16(23-3)15(10-12)22-2)18-19-14-6-4-5-13(9-14)17(20)21/h4-10,19H,1-3H3,(H,20,21)/b18-11+. The third-order valence-electron chi connectivity index (χ3n) is 3.26. The molecule has 0 saturated heterocycles. The molecule has 0 aliphatic heterocycles. The van der Waals surface area contributed by atoms with Crippen molar-refractivity contribution in [3.8, 4) is 5.75 Å². The van der Waals surface area contributed by atoms with Crippen LogP contribution in [0.2, 0.25) is 0 Å². The molecule has 23 heavy (non-hydrogen) atoms. The van der Waals surface area contributed by atoms with E-state index in [2.05, 4.69) is 10.5 Å². The number of carbonyl (C=O) groups is 1. The Morgan fingerprint density at radius 1 is 1.22 bits per heavy atom. The molecular formula is C17H18N2O3S. The van der Waals surface area contributed by atoms with Gasteiger partial charge in [0.15, 0.2) is 0 Å². The Morgan fingerprint density at radius 3 is 2.65 bits per heavy atom. The second-order valence-corrected chi connectivity index (χ2v) is 5.61. The number of aromatic carboxylic acids is 1. The maximum Gasteiger partial charge on any atom is 0.335 e. The number of carboxylic acids is 1. The van der Waals surface area contributed by atoms with Gasteiger partial charge in [-0.2, -0.15) is 5.10 Å². The third-order valence-corrected chi connectivity index (χ3v) is 4.04. The Morgan fingerprint density at radius 2 is 2.00 bits per heavy atom. The summed E-state index contributed by atoms with van der Waals surface area (Å²) in [6.45, 7) is 1.88. The Balaban J connectivity index is 2.20. The first kappa shape index (κ1) is 16.9. The van der Waals surface area contributed by atoms with E-state index >= 15 is 0 Å². The third kappa shape index (κ3) is 4.26. The van der Waals surface area contributed by atoms with Gasteiger partial charge in [-0.25, -0.2) is 4.79 Å². The minimum absolute atomic E-state index is 0.217. The number of nitrogens with one attached hydrogen (secondary N) is 1. The highest BCUT2D eigenvalue weighted by molar-refractivity contribution is 7.98. The summed E-state index contributed by atoms with van der Waals surface area (Å²) >= 11 is 1.62. The maximum absolute atomic E-state index is 11.0. The lowest BCUT2D eigenvalue weighted by Crippen LogP contribution is -2.02. The zero-order chi connectivity index (χ0) is 16.8. The van der Waals surface area contributed by atoms with E-state index in [1.54, 1.807) is 31.0 Å². The van der Waals surface area contributed by atoms with Crippen LogP contribution in [0.25, 0.3) is 0 Å². The van der Waals surface area contributed by atoms with Gasteiger partial charge in [0.2, 0.25) is 0 Å². The van der Waals surface area contributed by atoms with Crippen LogP contribution in [0.4, 0.5) is 5.69 Å². The van der Waals surface area contributed by atoms with Crippen LogP contribution in [-0.2, 0) is 0 Å². The normalized spacial score (nSPS) is 11.2. The number of carboxylic acid groups (broad SMARTS) is 1. The van der Waals surface area contributed by atoms with Gasteiger partial charge in [-0.1, -0.05) is 12.1 Å². The highest BCUT2D eigenvalue weighted by atomic mass is 32.2. The minimum atomic E-state index is -0.966. The lowest BCUT2D eigenvalue weighted by atomic mass is 10.1. The number of hydrogen-bond donors (Lipinski definition) is 2. The molecule has 0 amide bonds. The highest BCUT2D eigenvalue weighted by Gasteiger charge is 2.06. The molecular weight excluding hydrogens is 312 g/mol. The zero-order valence-electron chi connectivity index (χ0n) is 13.2. The first-order valence-electron chi connectivity index (χ1n) is 6.91. The van der Waals surface area contributed by atoms with Crippen molar-refractivity contribution in [3.05, 3.63) is 53.6 Å². The molecule has 0 atom stereocenters. The van der Waals surface area contributed by atoms with Crippen LogP contribution >= 0.6 is 11.8 Å². The molecule has 120 valence electrons. The van der Waals surface area contributed by atoms with Crippen molar-refractivity contribution in [3.63, 3.8) is 0 Å². The Hall–Kier alpha value is -2.47. The Kier molecular flexibility index (Phi) is 5.65. The van der Waals surface area contributed by atoms with Crippen molar-refractivity contribution < 1.29 is 14.6 Å². The van der Waals surface area contributed by atoms with Gasteiger partial charge in [-0.05, 0) is 43.5 Å². The summed E-state index contributed by atoms with van der Waals surface area (Å²) < 4.78 is 5.37. The van der Waals surface area contributed by atoms with Crippen molar-refractivity contribution in [1.82, 2.24) is 0 Å². The zero-order valence-corrected chi connectivity index (χ0v) is 14.0. The number of methoxy groups -OCH3 is 1. The van der Waals surface area contributed by atoms with Crippen LogP contribution in [0.3, 0.4) is 0 Å². The van der Waals surface area contributed by atoms with Gasteiger partial charge < -0.3 is 9.84 Å². The molecule has 2 aromatic rings. The predicted octanol–water partition coefficient (Wildman–Crippen LogP) is 3.95.